The topological polar surface area (TPSA) is 124 Å². The van der Waals surface area contributed by atoms with Gasteiger partial charge in [-0.25, -0.2) is 13.4 Å². The van der Waals surface area contributed by atoms with Gasteiger partial charge in [0, 0.05) is 6.04 Å². The molecule has 1 aromatic carbocycles. The van der Waals surface area contributed by atoms with Crippen LogP contribution >= 0.6 is 0 Å². The lowest BCUT2D eigenvalue weighted by Gasteiger charge is -2.11. The van der Waals surface area contributed by atoms with E-state index in [1.165, 1.54) is 6.33 Å². The van der Waals surface area contributed by atoms with Crippen molar-refractivity contribution in [3.05, 3.63) is 40.9 Å². The Morgan fingerprint density at radius 1 is 1.31 bits per heavy atom. The van der Waals surface area contributed by atoms with Crippen molar-refractivity contribution in [3.63, 3.8) is 0 Å². The van der Waals surface area contributed by atoms with E-state index >= 15 is 0 Å². The lowest BCUT2D eigenvalue weighted by Crippen LogP contribution is -2.38. The number of amides is 1. The summed E-state index contributed by atoms with van der Waals surface area (Å²) in [7, 11) is -3.10. The van der Waals surface area contributed by atoms with E-state index < -0.39 is 34.4 Å². The first-order valence-corrected chi connectivity index (χ1v) is 9.76. The fourth-order valence-electron chi connectivity index (χ4n) is 2.73. The fraction of sp³-hybridized carbons (Fsp3) is 0.375. The quantitative estimate of drug-likeness (QED) is 0.677. The number of nitrogens with one attached hydrogen (secondary N) is 1. The van der Waals surface area contributed by atoms with Gasteiger partial charge in [-0.05, 0) is 18.6 Å². The van der Waals surface area contributed by atoms with Crippen molar-refractivity contribution in [2.24, 2.45) is 0 Å². The molecule has 1 atom stereocenters. The summed E-state index contributed by atoms with van der Waals surface area (Å²) in [5.41, 5.74) is 0.140. The third kappa shape index (κ3) is 4.26. The Hall–Kier alpha value is -2.75. The van der Waals surface area contributed by atoms with Crippen LogP contribution in [-0.2, 0) is 30.7 Å². The Bertz CT molecular complexity index is 1010. The Kier molecular flexibility index (Phi) is 5.03. The van der Waals surface area contributed by atoms with Crippen molar-refractivity contribution in [3.8, 4) is 0 Å². The zero-order chi connectivity index (χ0) is 18.7. The molecule has 2 aromatic rings. The summed E-state index contributed by atoms with van der Waals surface area (Å²) in [6.07, 6.45) is 1.59. The van der Waals surface area contributed by atoms with Gasteiger partial charge in [-0.15, -0.1) is 0 Å². The Morgan fingerprint density at radius 2 is 2.08 bits per heavy atom. The third-order valence-corrected chi connectivity index (χ3v) is 5.76. The maximum atomic E-state index is 12.3. The molecule has 138 valence electrons. The fourth-order valence-corrected chi connectivity index (χ4v) is 4.40. The minimum Gasteiger partial charge on any atom is -0.454 e. The van der Waals surface area contributed by atoms with Crippen molar-refractivity contribution in [2.75, 3.05) is 18.1 Å². The molecular weight excluding hydrogens is 362 g/mol. The molecule has 1 saturated heterocycles. The average Bonchev–Trinajstić information content (AvgIpc) is 2.94. The van der Waals surface area contributed by atoms with Gasteiger partial charge in [-0.1, -0.05) is 12.1 Å². The molecule has 0 radical (unpaired) electrons. The maximum Gasteiger partial charge on any atom is 0.326 e. The molecule has 0 bridgehead atoms. The van der Waals surface area contributed by atoms with E-state index in [-0.39, 0.29) is 23.6 Å². The minimum atomic E-state index is -3.10. The van der Waals surface area contributed by atoms with Crippen molar-refractivity contribution < 1.29 is 22.7 Å². The van der Waals surface area contributed by atoms with Crippen LogP contribution in [0.25, 0.3) is 10.9 Å². The van der Waals surface area contributed by atoms with Crippen molar-refractivity contribution in [2.45, 2.75) is 19.0 Å². The molecule has 10 heteroatoms. The number of rotatable bonds is 5. The van der Waals surface area contributed by atoms with Crippen LogP contribution in [0.15, 0.2) is 35.4 Å². The summed E-state index contributed by atoms with van der Waals surface area (Å²) < 4.78 is 28.6. The van der Waals surface area contributed by atoms with E-state index in [0.29, 0.717) is 17.3 Å². The monoisotopic (exact) mass is 379 g/mol. The van der Waals surface area contributed by atoms with Gasteiger partial charge in [-0.2, -0.15) is 0 Å². The van der Waals surface area contributed by atoms with Gasteiger partial charge in [0.15, 0.2) is 16.4 Å². The number of para-hydroxylation sites is 1. The van der Waals surface area contributed by atoms with E-state index in [1.54, 1.807) is 24.3 Å². The SMILES string of the molecule is O=C(COC(=O)Cn1cnc2ccccc2c1=O)N[C@H]1CCS(=O)(=O)C1. The highest BCUT2D eigenvalue weighted by atomic mass is 32.2. The Morgan fingerprint density at radius 3 is 2.81 bits per heavy atom. The first kappa shape index (κ1) is 18.1. The maximum absolute atomic E-state index is 12.3. The number of benzene rings is 1. The number of hydrogen-bond acceptors (Lipinski definition) is 7. The average molecular weight is 379 g/mol. The summed E-state index contributed by atoms with van der Waals surface area (Å²) in [5, 5.41) is 2.89. The summed E-state index contributed by atoms with van der Waals surface area (Å²) in [6.45, 7) is -0.910. The van der Waals surface area contributed by atoms with Crippen LogP contribution in [0.2, 0.25) is 0 Å². The molecule has 2 heterocycles. The predicted octanol–water partition coefficient (Wildman–Crippen LogP) is -0.757. The Balaban J connectivity index is 1.54. The van der Waals surface area contributed by atoms with Crippen LogP contribution in [-0.4, -0.2) is 54.0 Å². The zero-order valence-corrected chi connectivity index (χ0v) is 14.6. The number of nitrogens with zero attached hydrogens (tertiary/aromatic N) is 2. The normalized spacial score (nSPS) is 18.5. The first-order chi connectivity index (χ1) is 12.3. The molecule has 1 fully saturated rings. The van der Waals surface area contributed by atoms with E-state index in [2.05, 4.69) is 10.3 Å². The number of esters is 1. The second-order valence-corrected chi connectivity index (χ2v) is 8.25. The molecule has 1 aliphatic heterocycles. The van der Waals surface area contributed by atoms with E-state index in [0.717, 1.165) is 4.57 Å². The number of carbonyl (C=O) groups is 2. The molecule has 3 rings (SSSR count). The summed E-state index contributed by atoms with van der Waals surface area (Å²) in [5.74, 6) is -1.41. The largest absolute Gasteiger partial charge is 0.454 e. The van der Waals surface area contributed by atoms with Gasteiger partial charge in [0.2, 0.25) is 0 Å². The molecule has 0 saturated carbocycles. The zero-order valence-electron chi connectivity index (χ0n) is 13.8. The van der Waals surface area contributed by atoms with Gasteiger partial charge in [0.1, 0.15) is 6.54 Å². The van der Waals surface area contributed by atoms with Gasteiger partial charge in [-0.3, -0.25) is 19.0 Å². The van der Waals surface area contributed by atoms with Crippen LogP contribution in [0.1, 0.15) is 6.42 Å². The Labute approximate surface area is 148 Å². The van der Waals surface area contributed by atoms with Crippen LogP contribution in [0.5, 0.6) is 0 Å². The molecule has 9 nitrogen and oxygen atoms in total. The number of hydrogen-bond donors (Lipinski definition) is 1. The first-order valence-electron chi connectivity index (χ1n) is 7.94. The van der Waals surface area contributed by atoms with E-state index in [4.69, 9.17) is 4.74 Å². The van der Waals surface area contributed by atoms with Crippen LogP contribution < -0.4 is 10.9 Å². The summed E-state index contributed by atoms with van der Waals surface area (Å²) >= 11 is 0. The molecule has 1 amide bonds. The molecule has 26 heavy (non-hydrogen) atoms. The van der Waals surface area contributed by atoms with Crippen LogP contribution in [0, 0.1) is 0 Å². The molecule has 0 aliphatic carbocycles. The van der Waals surface area contributed by atoms with Gasteiger partial charge in [0.25, 0.3) is 11.5 Å². The molecule has 1 aliphatic rings. The molecule has 0 unspecified atom stereocenters. The second kappa shape index (κ2) is 7.24. The van der Waals surface area contributed by atoms with Gasteiger partial charge in [0.05, 0.1) is 28.7 Å². The minimum absolute atomic E-state index is 0.0373. The number of aromatic nitrogens is 2. The lowest BCUT2D eigenvalue weighted by atomic mass is 10.2. The van der Waals surface area contributed by atoms with Crippen LogP contribution in [0.3, 0.4) is 0 Å². The molecular formula is C16H17N3O6S. The highest BCUT2D eigenvalue weighted by molar-refractivity contribution is 7.91. The highest BCUT2D eigenvalue weighted by Crippen LogP contribution is 2.11. The van der Waals surface area contributed by atoms with Crippen LogP contribution in [0.4, 0.5) is 0 Å². The van der Waals surface area contributed by atoms with E-state index in [1.807, 2.05) is 0 Å². The third-order valence-electron chi connectivity index (χ3n) is 3.99. The van der Waals surface area contributed by atoms with Crippen molar-refractivity contribution in [1.82, 2.24) is 14.9 Å². The van der Waals surface area contributed by atoms with E-state index in [9.17, 15) is 22.8 Å². The summed E-state index contributed by atoms with van der Waals surface area (Å²) in [6, 6.07) is 6.28. The highest BCUT2D eigenvalue weighted by Gasteiger charge is 2.29. The molecule has 0 spiro atoms. The predicted molar refractivity (Wildman–Crippen MR) is 92.2 cm³/mol. The van der Waals surface area contributed by atoms with Crippen molar-refractivity contribution in [1.29, 1.82) is 0 Å². The number of carbonyl (C=O) groups excluding carboxylic acids is 2. The summed E-state index contributed by atoms with van der Waals surface area (Å²) in [4.78, 5) is 40.0. The standard InChI is InChI=1S/C16H17N3O6S/c20-14(18-11-5-6-26(23,24)9-11)8-25-15(21)7-19-10-17-13-4-2-1-3-12(13)16(19)22/h1-4,10-11H,5-9H2,(H,18,20)/t11-/m0/s1. The lowest BCUT2D eigenvalue weighted by molar-refractivity contribution is -0.149. The molecule has 1 aromatic heterocycles. The molecule has 1 N–H and O–H groups in total. The van der Waals surface area contributed by atoms with Gasteiger partial charge >= 0.3 is 5.97 Å². The number of ether oxygens (including phenoxy) is 1. The second-order valence-electron chi connectivity index (χ2n) is 6.02. The number of sulfone groups is 1. The number of fused-ring (bicyclic) bond motifs is 1. The van der Waals surface area contributed by atoms with Gasteiger partial charge < -0.3 is 10.1 Å². The van der Waals surface area contributed by atoms with Crippen molar-refractivity contribution >= 4 is 32.6 Å². The smallest absolute Gasteiger partial charge is 0.326 e.